The molecule has 1 N–H and O–H groups in total. The van der Waals surface area contributed by atoms with Gasteiger partial charge in [-0.05, 0) is 31.5 Å². The number of ether oxygens (including phenoxy) is 1. The molecule has 1 aromatic rings. The van der Waals surface area contributed by atoms with E-state index in [4.69, 9.17) is 16.3 Å². The molecule has 18 heavy (non-hydrogen) atoms. The molecule has 0 aliphatic carbocycles. The average Bonchev–Trinajstić information content (AvgIpc) is 2.27. The summed E-state index contributed by atoms with van der Waals surface area (Å²) in [6.45, 7) is 4.18. The number of amides is 1. The molecule has 1 amide bonds. The largest absolute Gasteiger partial charge is 0.384 e. The molecular formula is C13H17ClFNO2. The van der Waals surface area contributed by atoms with Crippen LogP contribution in [0.25, 0.3) is 0 Å². The van der Waals surface area contributed by atoms with Crippen molar-refractivity contribution in [3.63, 3.8) is 0 Å². The number of methoxy groups -OCH3 is 1. The highest BCUT2D eigenvalue weighted by Gasteiger charge is 2.27. The van der Waals surface area contributed by atoms with E-state index < -0.39 is 11.2 Å². The van der Waals surface area contributed by atoms with E-state index in [0.29, 0.717) is 17.2 Å². The van der Waals surface area contributed by atoms with Crippen LogP contribution in [0.1, 0.15) is 19.4 Å². The number of carbonyl (C=O) groups excluding carboxylic acids is 1. The van der Waals surface area contributed by atoms with Crippen molar-refractivity contribution < 1.29 is 13.9 Å². The van der Waals surface area contributed by atoms with E-state index in [0.717, 1.165) is 0 Å². The van der Waals surface area contributed by atoms with E-state index in [-0.39, 0.29) is 12.5 Å². The minimum absolute atomic E-state index is 0.134. The molecule has 0 bridgehead atoms. The fourth-order valence-corrected chi connectivity index (χ4v) is 1.74. The van der Waals surface area contributed by atoms with Crippen molar-refractivity contribution in [3.8, 4) is 0 Å². The van der Waals surface area contributed by atoms with Gasteiger partial charge in [0.1, 0.15) is 5.82 Å². The third-order valence-electron chi connectivity index (χ3n) is 2.57. The van der Waals surface area contributed by atoms with E-state index in [9.17, 15) is 9.18 Å². The number of hydrogen-bond donors (Lipinski definition) is 1. The number of halogens is 2. The van der Waals surface area contributed by atoms with Crippen LogP contribution in [-0.2, 0) is 16.1 Å². The summed E-state index contributed by atoms with van der Waals surface area (Å²) in [7, 11) is 1.55. The van der Waals surface area contributed by atoms with Gasteiger partial charge in [0.2, 0.25) is 5.91 Å². The Morgan fingerprint density at radius 1 is 1.50 bits per heavy atom. The molecule has 0 radical (unpaired) electrons. The van der Waals surface area contributed by atoms with Crippen LogP contribution in [0, 0.1) is 11.2 Å². The van der Waals surface area contributed by atoms with Crippen LogP contribution >= 0.6 is 11.6 Å². The average molecular weight is 274 g/mol. The molecule has 1 aromatic carbocycles. The third-order valence-corrected chi connectivity index (χ3v) is 2.93. The first-order chi connectivity index (χ1) is 8.36. The van der Waals surface area contributed by atoms with Gasteiger partial charge in [0.15, 0.2) is 0 Å². The Balaban J connectivity index is 2.62. The zero-order chi connectivity index (χ0) is 13.8. The zero-order valence-corrected chi connectivity index (χ0v) is 11.5. The lowest BCUT2D eigenvalue weighted by Crippen LogP contribution is -2.39. The van der Waals surface area contributed by atoms with E-state index in [1.165, 1.54) is 12.1 Å². The fourth-order valence-electron chi connectivity index (χ4n) is 1.51. The zero-order valence-electron chi connectivity index (χ0n) is 10.7. The van der Waals surface area contributed by atoms with Crippen LogP contribution in [0.5, 0.6) is 0 Å². The molecule has 100 valence electrons. The molecule has 0 aromatic heterocycles. The topological polar surface area (TPSA) is 38.3 Å². The molecule has 0 heterocycles. The van der Waals surface area contributed by atoms with Crippen molar-refractivity contribution in [2.75, 3.05) is 13.7 Å². The first-order valence-corrected chi connectivity index (χ1v) is 5.96. The van der Waals surface area contributed by atoms with E-state index in [2.05, 4.69) is 5.32 Å². The first-order valence-electron chi connectivity index (χ1n) is 5.58. The molecule has 0 atom stereocenters. The lowest BCUT2D eigenvalue weighted by molar-refractivity contribution is -0.132. The molecule has 0 saturated heterocycles. The summed E-state index contributed by atoms with van der Waals surface area (Å²) in [5, 5.41) is 3.06. The quantitative estimate of drug-likeness (QED) is 0.896. The van der Waals surface area contributed by atoms with Gasteiger partial charge in [-0.1, -0.05) is 17.7 Å². The molecule has 0 spiro atoms. The minimum atomic E-state index is -0.610. The summed E-state index contributed by atoms with van der Waals surface area (Å²) >= 11 is 5.87. The molecule has 0 aliphatic heterocycles. The molecule has 3 nitrogen and oxygen atoms in total. The van der Waals surface area contributed by atoms with Crippen LogP contribution in [0.3, 0.4) is 0 Å². The maximum absolute atomic E-state index is 12.8. The van der Waals surface area contributed by atoms with Crippen molar-refractivity contribution in [2.45, 2.75) is 20.4 Å². The Labute approximate surface area is 111 Å². The Hall–Kier alpha value is -1.13. The van der Waals surface area contributed by atoms with Gasteiger partial charge < -0.3 is 10.1 Å². The second-order valence-corrected chi connectivity index (χ2v) is 5.14. The predicted octanol–water partition coefficient (Wildman–Crippen LogP) is 2.77. The van der Waals surface area contributed by atoms with Gasteiger partial charge in [0.05, 0.1) is 12.0 Å². The van der Waals surface area contributed by atoms with Gasteiger partial charge in [0.25, 0.3) is 0 Å². The summed E-state index contributed by atoms with van der Waals surface area (Å²) < 4.78 is 17.8. The highest BCUT2D eigenvalue weighted by Crippen LogP contribution is 2.19. The number of rotatable bonds is 5. The van der Waals surface area contributed by atoms with E-state index in [1.807, 2.05) is 0 Å². The molecular weight excluding hydrogens is 257 g/mol. The van der Waals surface area contributed by atoms with Crippen LogP contribution in [0.15, 0.2) is 18.2 Å². The molecule has 0 aliphatic rings. The van der Waals surface area contributed by atoms with Crippen molar-refractivity contribution >= 4 is 17.5 Å². The van der Waals surface area contributed by atoms with E-state index in [1.54, 1.807) is 27.0 Å². The Morgan fingerprint density at radius 2 is 2.17 bits per heavy atom. The van der Waals surface area contributed by atoms with Gasteiger partial charge >= 0.3 is 0 Å². The van der Waals surface area contributed by atoms with Gasteiger partial charge in [-0.2, -0.15) is 0 Å². The van der Waals surface area contributed by atoms with Crippen LogP contribution in [0.4, 0.5) is 4.39 Å². The second kappa shape index (κ2) is 6.16. The SMILES string of the molecule is COCC(C)(C)C(=O)NCc1ccc(F)cc1Cl. The smallest absolute Gasteiger partial charge is 0.228 e. The first kappa shape index (κ1) is 14.9. The van der Waals surface area contributed by atoms with Crippen molar-refractivity contribution in [3.05, 3.63) is 34.6 Å². The number of nitrogens with one attached hydrogen (secondary N) is 1. The standard InChI is InChI=1S/C13H17ClFNO2/c1-13(2,8-18-3)12(17)16-7-9-4-5-10(15)6-11(9)14/h4-6H,7-8H2,1-3H3,(H,16,17). The maximum atomic E-state index is 12.8. The predicted molar refractivity (Wildman–Crippen MR) is 68.9 cm³/mol. The summed E-state index contributed by atoms with van der Waals surface area (Å²) in [5.41, 5.74) is 0.0704. The van der Waals surface area contributed by atoms with Crippen molar-refractivity contribution in [1.29, 1.82) is 0 Å². The highest BCUT2D eigenvalue weighted by molar-refractivity contribution is 6.31. The van der Waals surface area contributed by atoms with Gasteiger partial charge in [0, 0.05) is 18.7 Å². The fraction of sp³-hybridized carbons (Fsp3) is 0.462. The van der Waals surface area contributed by atoms with Crippen LogP contribution < -0.4 is 5.32 Å². The number of carbonyl (C=O) groups is 1. The summed E-state index contributed by atoms with van der Waals surface area (Å²) in [4.78, 5) is 11.9. The molecule has 1 rings (SSSR count). The second-order valence-electron chi connectivity index (χ2n) is 4.74. The molecule has 0 unspecified atom stereocenters. The highest BCUT2D eigenvalue weighted by atomic mass is 35.5. The normalized spacial score (nSPS) is 11.4. The van der Waals surface area contributed by atoms with Crippen molar-refractivity contribution in [1.82, 2.24) is 5.32 Å². The van der Waals surface area contributed by atoms with E-state index >= 15 is 0 Å². The van der Waals surface area contributed by atoms with Crippen molar-refractivity contribution in [2.24, 2.45) is 5.41 Å². The molecule has 0 saturated carbocycles. The van der Waals surface area contributed by atoms with Gasteiger partial charge in [-0.15, -0.1) is 0 Å². The number of benzene rings is 1. The summed E-state index contributed by atoms with van der Waals surface area (Å²) in [6.07, 6.45) is 0. The summed E-state index contributed by atoms with van der Waals surface area (Å²) in [5.74, 6) is -0.528. The summed E-state index contributed by atoms with van der Waals surface area (Å²) in [6, 6.07) is 4.10. The Kier molecular flexibility index (Phi) is 5.11. The van der Waals surface area contributed by atoms with Crippen LogP contribution in [0.2, 0.25) is 5.02 Å². The lowest BCUT2D eigenvalue weighted by Gasteiger charge is -2.22. The maximum Gasteiger partial charge on any atom is 0.228 e. The lowest BCUT2D eigenvalue weighted by atomic mass is 9.93. The van der Waals surface area contributed by atoms with Gasteiger partial charge in [-0.25, -0.2) is 4.39 Å². The van der Waals surface area contributed by atoms with Gasteiger partial charge in [-0.3, -0.25) is 4.79 Å². The Morgan fingerprint density at radius 3 is 2.72 bits per heavy atom. The third kappa shape index (κ3) is 3.96. The minimum Gasteiger partial charge on any atom is -0.384 e. The molecule has 0 fully saturated rings. The molecule has 5 heteroatoms. The van der Waals surface area contributed by atoms with Crippen LogP contribution in [-0.4, -0.2) is 19.6 Å². The monoisotopic (exact) mass is 273 g/mol. The Bertz CT molecular complexity index is 435. The number of hydrogen-bond acceptors (Lipinski definition) is 2.